The second-order valence-electron chi connectivity index (χ2n) is 8.49. The smallest absolute Gasteiger partial charge is 0.410 e. The maximum atomic E-state index is 12.9. The molecule has 0 radical (unpaired) electrons. The SMILES string of the molecule is CCN(CC)S(=O)(=O)c1cc(NC(=O)C2CCCN(C(=O)OC(C)(C)C)C2)ccc1Cl. The third-order valence-electron chi connectivity index (χ3n) is 4.97. The lowest BCUT2D eigenvalue weighted by Gasteiger charge is -2.33. The number of benzene rings is 1. The lowest BCUT2D eigenvalue weighted by Crippen LogP contribution is -2.45. The van der Waals surface area contributed by atoms with Gasteiger partial charge < -0.3 is 15.0 Å². The molecule has 0 aliphatic carbocycles. The Balaban J connectivity index is 2.14. The van der Waals surface area contributed by atoms with Crippen molar-refractivity contribution < 1.29 is 22.7 Å². The van der Waals surface area contributed by atoms with E-state index in [1.165, 1.54) is 21.3 Å². The third kappa shape index (κ3) is 6.57. The molecule has 1 saturated heterocycles. The van der Waals surface area contributed by atoms with Crippen LogP contribution in [-0.4, -0.2) is 61.4 Å². The predicted molar refractivity (Wildman–Crippen MR) is 121 cm³/mol. The van der Waals surface area contributed by atoms with Gasteiger partial charge >= 0.3 is 6.09 Å². The van der Waals surface area contributed by atoms with Crippen molar-refractivity contribution in [1.29, 1.82) is 0 Å². The van der Waals surface area contributed by atoms with Gasteiger partial charge in [-0.3, -0.25) is 4.79 Å². The molecule has 174 valence electrons. The fourth-order valence-electron chi connectivity index (χ4n) is 3.41. The normalized spacial score (nSPS) is 17.5. The minimum absolute atomic E-state index is 0.0466. The van der Waals surface area contributed by atoms with E-state index in [1.54, 1.807) is 40.7 Å². The molecule has 8 nitrogen and oxygen atoms in total. The molecular weight excluding hydrogens is 442 g/mol. The second-order valence-corrected chi connectivity index (χ2v) is 10.8. The molecule has 2 rings (SSSR count). The summed E-state index contributed by atoms with van der Waals surface area (Å²) in [4.78, 5) is 26.7. The van der Waals surface area contributed by atoms with Crippen LogP contribution in [0.15, 0.2) is 23.1 Å². The van der Waals surface area contributed by atoms with Gasteiger partial charge in [-0.2, -0.15) is 4.31 Å². The molecule has 1 atom stereocenters. The summed E-state index contributed by atoms with van der Waals surface area (Å²) >= 11 is 6.15. The zero-order valence-corrected chi connectivity index (χ0v) is 20.3. The van der Waals surface area contributed by atoms with Crippen LogP contribution in [-0.2, 0) is 19.6 Å². The average molecular weight is 474 g/mol. The van der Waals surface area contributed by atoms with E-state index in [9.17, 15) is 18.0 Å². The van der Waals surface area contributed by atoms with Crippen LogP contribution in [0.2, 0.25) is 5.02 Å². The minimum Gasteiger partial charge on any atom is -0.444 e. The number of hydrogen-bond acceptors (Lipinski definition) is 5. The molecule has 2 amide bonds. The first-order chi connectivity index (χ1) is 14.4. The van der Waals surface area contributed by atoms with Crippen LogP contribution >= 0.6 is 11.6 Å². The quantitative estimate of drug-likeness (QED) is 0.674. The van der Waals surface area contributed by atoms with E-state index < -0.39 is 27.6 Å². The zero-order chi connectivity index (χ0) is 23.4. The molecule has 1 aliphatic heterocycles. The topological polar surface area (TPSA) is 96.0 Å². The van der Waals surface area contributed by atoms with E-state index in [4.69, 9.17) is 16.3 Å². The van der Waals surface area contributed by atoms with Crippen molar-refractivity contribution in [2.45, 2.75) is 58.0 Å². The highest BCUT2D eigenvalue weighted by atomic mass is 35.5. The number of carbonyl (C=O) groups is 2. The van der Waals surface area contributed by atoms with E-state index in [2.05, 4.69) is 5.32 Å². The van der Waals surface area contributed by atoms with Crippen LogP contribution in [0.25, 0.3) is 0 Å². The van der Waals surface area contributed by atoms with Gasteiger partial charge in [-0.05, 0) is 51.8 Å². The number of nitrogens with one attached hydrogen (secondary N) is 1. The highest BCUT2D eigenvalue weighted by molar-refractivity contribution is 7.89. The summed E-state index contributed by atoms with van der Waals surface area (Å²) in [6, 6.07) is 4.40. The van der Waals surface area contributed by atoms with Gasteiger partial charge in [0.1, 0.15) is 10.5 Å². The molecule has 10 heteroatoms. The molecule has 1 unspecified atom stereocenters. The van der Waals surface area contributed by atoms with Gasteiger partial charge in [0.15, 0.2) is 0 Å². The van der Waals surface area contributed by atoms with Gasteiger partial charge in [-0.15, -0.1) is 0 Å². The summed E-state index contributed by atoms with van der Waals surface area (Å²) in [5.74, 6) is -0.693. The van der Waals surface area contributed by atoms with Crippen molar-refractivity contribution in [3.05, 3.63) is 23.2 Å². The number of likely N-dealkylation sites (tertiary alicyclic amines) is 1. The van der Waals surface area contributed by atoms with E-state index in [0.717, 1.165) is 0 Å². The predicted octanol–water partition coefficient (Wildman–Crippen LogP) is 3.96. The molecule has 1 heterocycles. The largest absolute Gasteiger partial charge is 0.444 e. The molecule has 1 aromatic rings. The Morgan fingerprint density at radius 1 is 1.26 bits per heavy atom. The number of nitrogens with zero attached hydrogens (tertiary/aromatic N) is 2. The molecule has 0 aromatic heterocycles. The Labute approximate surface area is 189 Å². The molecule has 1 fully saturated rings. The molecule has 1 aromatic carbocycles. The van der Waals surface area contributed by atoms with Gasteiger partial charge in [0, 0.05) is 31.9 Å². The first-order valence-electron chi connectivity index (χ1n) is 10.5. The number of anilines is 1. The number of piperidine rings is 1. The maximum Gasteiger partial charge on any atom is 0.410 e. The van der Waals surface area contributed by atoms with E-state index >= 15 is 0 Å². The van der Waals surface area contributed by atoms with Crippen molar-refractivity contribution in [1.82, 2.24) is 9.21 Å². The fourth-order valence-corrected chi connectivity index (χ4v) is 5.37. The average Bonchev–Trinajstić information content (AvgIpc) is 2.68. The van der Waals surface area contributed by atoms with Crippen molar-refractivity contribution in [2.75, 3.05) is 31.5 Å². The standard InChI is InChI=1S/C21H32ClN3O5S/c1-6-25(7-2)31(28,29)18-13-16(10-11-17(18)22)23-19(26)15-9-8-12-24(14-15)20(27)30-21(3,4)5/h10-11,13,15H,6-9,12,14H2,1-5H3,(H,23,26). The van der Waals surface area contributed by atoms with E-state index in [0.29, 0.717) is 38.2 Å². The van der Waals surface area contributed by atoms with Gasteiger partial charge in [-0.1, -0.05) is 25.4 Å². The molecule has 0 saturated carbocycles. The van der Waals surface area contributed by atoms with Crippen molar-refractivity contribution in [3.63, 3.8) is 0 Å². The lowest BCUT2D eigenvalue weighted by atomic mass is 9.97. The number of halogens is 1. The molecular formula is C21H32ClN3O5S. The highest BCUT2D eigenvalue weighted by Gasteiger charge is 2.31. The van der Waals surface area contributed by atoms with Crippen molar-refractivity contribution in [2.24, 2.45) is 5.92 Å². The highest BCUT2D eigenvalue weighted by Crippen LogP contribution is 2.28. The van der Waals surface area contributed by atoms with Crippen LogP contribution in [0.4, 0.5) is 10.5 Å². The Morgan fingerprint density at radius 2 is 1.90 bits per heavy atom. The van der Waals surface area contributed by atoms with Crippen LogP contribution < -0.4 is 5.32 Å². The van der Waals surface area contributed by atoms with Crippen LogP contribution in [0, 0.1) is 5.92 Å². The lowest BCUT2D eigenvalue weighted by molar-refractivity contribution is -0.121. The van der Waals surface area contributed by atoms with Gasteiger partial charge in [0.05, 0.1) is 10.9 Å². The van der Waals surface area contributed by atoms with Gasteiger partial charge in [0.25, 0.3) is 0 Å². The third-order valence-corrected chi connectivity index (χ3v) is 7.50. The molecule has 0 bridgehead atoms. The number of rotatable bonds is 6. The monoisotopic (exact) mass is 473 g/mol. The maximum absolute atomic E-state index is 12.9. The Morgan fingerprint density at radius 3 is 2.48 bits per heavy atom. The summed E-state index contributed by atoms with van der Waals surface area (Å²) in [5, 5.41) is 2.87. The summed E-state index contributed by atoms with van der Waals surface area (Å²) in [6.45, 7) is 10.3. The zero-order valence-electron chi connectivity index (χ0n) is 18.8. The summed E-state index contributed by atoms with van der Waals surface area (Å²) < 4.78 is 32.4. The van der Waals surface area contributed by atoms with Crippen molar-refractivity contribution in [3.8, 4) is 0 Å². The number of hydrogen-bond donors (Lipinski definition) is 1. The summed E-state index contributed by atoms with van der Waals surface area (Å²) in [5.41, 5.74) is -0.267. The number of amides is 2. The van der Waals surface area contributed by atoms with Gasteiger partial charge in [0.2, 0.25) is 15.9 Å². The first-order valence-corrected chi connectivity index (χ1v) is 12.3. The molecule has 1 aliphatic rings. The fraction of sp³-hybridized carbons (Fsp3) is 0.619. The van der Waals surface area contributed by atoms with Crippen molar-refractivity contribution >= 4 is 39.3 Å². The van der Waals surface area contributed by atoms with Crippen LogP contribution in [0.1, 0.15) is 47.5 Å². The number of ether oxygens (including phenoxy) is 1. The van der Waals surface area contributed by atoms with Crippen LogP contribution in [0.3, 0.4) is 0 Å². The van der Waals surface area contributed by atoms with E-state index in [-0.39, 0.29) is 22.4 Å². The van der Waals surface area contributed by atoms with E-state index in [1.807, 2.05) is 0 Å². The Kier molecular flexibility index (Phi) is 8.35. The minimum atomic E-state index is -3.77. The number of sulfonamides is 1. The Hall–Kier alpha value is -1.84. The number of carbonyl (C=O) groups excluding carboxylic acids is 2. The Bertz CT molecular complexity index is 910. The molecule has 0 spiro atoms. The molecule has 1 N–H and O–H groups in total. The van der Waals surface area contributed by atoms with Crippen LogP contribution in [0.5, 0.6) is 0 Å². The summed E-state index contributed by atoms with van der Waals surface area (Å²) in [6.07, 6.45) is 0.868. The molecule has 31 heavy (non-hydrogen) atoms. The second kappa shape index (κ2) is 10.2. The summed E-state index contributed by atoms with van der Waals surface area (Å²) in [7, 11) is -3.77. The first kappa shape index (κ1) is 25.4. The van der Waals surface area contributed by atoms with Gasteiger partial charge in [-0.25, -0.2) is 13.2 Å².